The Morgan fingerprint density at radius 3 is 2.44 bits per heavy atom. The van der Waals surface area contributed by atoms with Crippen LogP contribution in [0.3, 0.4) is 0 Å². The van der Waals surface area contributed by atoms with Crippen LogP contribution in [0.2, 0.25) is 18.1 Å². The molecule has 16 heavy (non-hydrogen) atoms. The van der Waals surface area contributed by atoms with Crippen molar-refractivity contribution in [3.63, 3.8) is 0 Å². The number of nitrogens with one attached hydrogen (secondary N) is 1. The zero-order chi connectivity index (χ0) is 12.6. The SMILES string of the molecule is CC1(O[Si](C)(C)C(C)(C)C)N=CC=C(Cl)N1. The maximum Gasteiger partial charge on any atom is 0.224 e. The normalized spacial score (nSPS) is 26.3. The van der Waals surface area contributed by atoms with Gasteiger partial charge < -0.3 is 9.74 Å². The van der Waals surface area contributed by atoms with Crippen molar-refractivity contribution >= 4 is 26.1 Å². The summed E-state index contributed by atoms with van der Waals surface area (Å²) in [6.45, 7) is 12.9. The first-order chi connectivity index (χ1) is 7.06. The Kier molecular flexibility index (Phi) is 3.58. The van der Waals surface area contributed by atoms with E-state index in [9.17, 15) is 0 Å². The average Bonchev–Trinajstić information content (AvgIpc) is 1.98. The molecule has 1 unspecified atom stereocenters. The molecule has 3 nitrogen and oxygen atoms in total. The number of halogens is 1. The molecule has 5 heteroatoms. The van der Waals surface area contributed by atoms with E-state index in [1.165, 1.54) is 0 Å². The molecule has 0 amide bonds. The van der Waals surface area contributed by atoms with Crippen LogP contribution >= 0.6 is 11.6 Å². The Morgan fingerprint density at radius 1 is 1.44 bits per heavy atom. The highest BCUT2D eigenvalue weighted by molar-refractivity contribution is 6.74. The molecule has 0 spiro atoms. The predicted octanol–water partition coefficient (Wildman–Crippen LogP) is 3.44. The van der Waals surface area contributed by atoms with Crippen molar-refractivity contribution in [2.75, 3.05) is 0 Å². The Bertz CT molecular complexity index is 333. The van der Waals surface area contributed by atoms with Gasteiger partial charge in [0, 0.05) is 13.1 Å². The summed E-state index contributed by atoms with van der Waals surface area (Å²) >= 11 is 5.94. The fraction of sp³-hybridized carbons (Fsp3) is 0.727. The molecule has 1 heterocycles. The molecule has 1 aliphatic rings. The molecule has 92 valence electrons. The number of rotatable bonds is 2. The van der Waals surface area contributed by atoms with E-state index in [1.807, 2.05) is 6.92 Å². The first-order valence-corrected chi connectivity index (χ1v) is 8.74. The minimum absolute atomic E-state index is 0.154. The number of allylic oxidation sites excluding steroid dienone is 1. The van der Waals surface area contributed by atoms with Gasteiger partial charge in [-0.3, -0.25) is 0 Å². The highest BCUT2D eigenvalue weighted by atomic mass is 35.5. The summed E-state index contributed by atoms with van der Waals surface area (Å²) in [5, 5.41) is 3.78. The molecule has 1 atom stereocenters. The predicted molar refractivity (Wildman–Crippen MR) is 72.3 cm³/mol. The van der Waals surface area contributed by atoms with Crippen molar-refractivity contribution in [3.8, 4) is 0 Å². The van der Waals surface area contributed by atoms with Crippen LogP contribution in [0.15, 0.2) is 16.2 Å². The molecule has 0 saturated heterocycles. The molecule has 0 aromatic carbocycles. The quantitative estimate of drug-likeness (QED) is 0.610. The Hall–Kier alpha value is -0.323. The molecule has 0 aromatic rings. The Labute approximate surface area is 104 Å². The van der Waals surface area contributed by atoms with E-state index in [0.717, 1.165) is 0 Å². The van der Waals surface area contributed by atoms with Crippen LogP contribution < -0.4 is 5.32 Å². The van der Waals surface area contributed by atoms with Crippen LogP contribution in [0.25, 0.3) is 0 Å². The third-order valence-corrected chi connectivity index (χ3v) is 7.89. The Morgan fingerprint density at radius 2 is 2.00 bits per heavy atom. The minimum atomic E-state index is -1.86. The van der Waals surface area contributed by atoms with E-state index >= 15 is 0 Å². The lowest BCUT2D eigenvalue weighted by Crippen LogP contribution is -2.54. The van der Waals surface area contributed by atoms with Crippen molar-refractivity contribution in [2.24, 2.45) is 4.99 Å². The maximum atomic E-state index is 6.21. The second-order valence-electron chi connectivity index (χ2n) is 5.76. The lowest BCUT2D eigenvalue weighted by Gasteiger charge is -2.43. The monoisotopic (exact) mass is 260 g/mol. The summed E-state index contributed by atoms with van der Waals surface area (Å²) in [6, 6.07) is 0. The first kappa shape index (κ1) is 13.7. The van der Waals surface area contributed by atoms with Crippen LogP contribution in [0.1, 0.15) is 27.7 Å². The van der Waals surface area contributed by atoms with Crippen molar-refractivity contribution in [2.45, 2.75) is 51.7 Å². The maximum absolute atomic E-state index is 6.21. The van der Waals surface area contributed by atoms with Gasteiger partial charge in [0.15, 0.2) is 8.32 Å². The summed E-state index contributed by atoms with van der Waals surface area (Å²) < 4.78 is 6.21. The minimum Gasteiger partial charge on any atom is -0.378 e. The van der Waals surface area contributed by atoms with Gasteiger partial charge in [0.1, 0.15) is 5.16 Å². The molecule has 1 N–H and O–H groups in total. The summed E-state index contributed by atoms with van der Waals surface area (Å²) in [4.78, 5) is 4.33. The van der Waals surface area contributed by atoms with Gasteiger partial charge in [-0.15, -0.1) is 0 Å². The van der Waals surface area contributed by atoms with Crippen molar-refractivity contribution < 1.29 is 4.43 Å². The van der Waals surface area contributed by atoms with Gasteiger partial charge in [-0.2, -0.15) is 0 Å². The molecule has 0 radical (unpaired) electrons. The van der Waals surface area contributed by atoms with Gasteiger partial charge in [0.2, 0.25) is 5.85 Å². The smallest absolute Gasteiger partial charge is 0.224 e. The summed E-state index contributed by atoms with van der Waals surface area (Å²) in [7, 11) is -1.86. The fourth-order valence-electron chi connectivity index (χ4n) is 1.24. The molecule has 0 bridgehead atoms. The number of nitrogens with zero attached hydrogens (tertiary/aromatic N) is 1. The zero-order valence-electron chi connectivity index (χ0n) is 10.9. The molecule has 0 saturated carbocycles. The molecular weight excluding hydrogens is 240 g/mol. The lowest BCUT2D eigenvalue weighted by molar-refractivity contribution is 0.0580. The lowest BCUT2D eigenvalue weighted by atomic mass is 10.2. The molecule has 1 rings (SSSR count). The van der Waals surface area contributed by atoms with Crippen molar-refractivity contribution in [1.82, 2.24) is 5.32 Å². The number of aliphatic imine (C=N–C) groups is 1. The third-order valence-electron chi connectivity index (χ3n) is 3.15. The van der Waals surface area contributed by atoms with Crippen LogP contribution in [-0.4, -0.2) is 20.4 Å². The highest BCUT2D eigenvalue weighted by Crippen LogP contribution is 2.39. The number of hydrogen-bond donors (Lipinski definition) is 1. The summed E-state index contributed by atoms with van der Waals surface area (Å²) in [5.74, 6) is -0.727. The van der Waals surface area contributed by atoms with Gasteiger partial charge in [-0.05, 0) is 24.2 Å². The van der Waals surface area contributed by atoms with E-state index in [4.69, 9.17) is 16.0 Å². The molecule has 1 aliphatic heterocycles. The second kappa shape index (κ2) is 4.16. The van der Waals surface area contributed by atoms with E-state index in [1.54, 1.807) is 12.3 Å². The Balaban J connectivity index is 2.82. The summed E-state index contributed by atoms with van der Waals surface area (Å²) in [5.41, 5.74) is 0. The van der Waals surface area contributed by atoms with E-state index < -0.39 is 14.2 Å². The number of hydrogen-bond acceptors (Lipinski definition) is 3. The van der Waals surface area contributed by atoms with Crippen molar-refractivity contribution in [1.29, 1.82) is 0 Å². The standard InChI is InChI=1S/C11H21ClN2OSi/c1-10(2,3)16(5,6)15-11(4)13-8-7-9(12)14-11/h7-8,14H,1-6H3. The van der Waals surface area contributed by atoms with Gasteiger partial charge >= 0.3 is 0 Å². The molecular formula is C11H21ClN2OSi. The highest BCUT2D eigenvalue weighted by Gasteiger charge is 2.43. The zero-order valence-corrected chi connectivity index (χ0v) is 12.6. The van der Waals surface area contributed by atoms with Gasteiger partial charge in [0.25, 0.3) is 0 Å². The average molecular weight is 261 g/mol. The van der Waals surface area contributed by atoms with E-state index in [-0.39, 0.29) is 5.04 Å². The van der Waals surface area contributed by atoms with Gasteiger partial charge in [-0.1, -0.05) is 32.4 Å². The largest absolute Gasteiger partial charge is 0.378 e. The first-order valence-electron chi connectivity index (χ1n) is 5.45. The van der Waals surface area contributed by atoms with E-state index in [2.05, 4.69) is 44.2 Å². The molecule has 0 fully saturated rings. The van der Waals surface area contributed by atoms with Crippen LogP contribution in [-0.2, 0) is 4.43 Å². The fourth-order valence-corrected chi connectivity index (χ4v) is 2.88. The summed E-state index contributed by atoms with van der Waals surface area (Å²) in [6.07, 6.45) is 3.41. The molecule has 0 aliphatic carbocycles. The van der Waals surface area contributed by atoms with Crippen LogP contribution in [0, 0.1) is 0 Å². The second-order valence-corrected chi connectivity index (χ2v) is 10.9. The van der Waals surface area contributed by atoms with Crippen LogP contribution in [0.5, 0.6) is 0 Å². The topological polar surface area (TPSA) is 33.6 Å². The van der Waals surface area contributed by atoms with E-state index in [0.29, 0.717) is 5.16 Å². The van der Waals surface area contributed by atoms with Crippen LogP contribution in [0.4, 0.5) is 0 Å². The van der Waals surface area contributed by atoms with Gasteiger partial charge in [-0.25, -0.2) is 4.99 Å². The molecule has 0 aromatic heterocycles. The van der Waals surface area contributed by atoms with Gasteiger partial charge in [0.05, 0.1) is 0 Å². The van der Waals surface area contributed by atoms with Crippen molar-refractivity contribution in [3.05, 3.63) is 11.2 Å². The third kappa shape index (κ3) is 3.09.